The van der Waals surface area contributed by atoms with Crippen LogP contribution in [0.4, 0.5) is 0 Å². The summed E-state index contributed by atoms with van der Waals surface area (Å²) in [6.45, 7) is 2.61. The van der Waals surface area contributed by atoms with Gasteiger partial charge in [0.15, 0.2) is 11.0 Å². The van der Waals surface area contributed by atoms with Crippen molar-refractivity contribution in [3.63, 3.8) is 0 Å². The first-order valence-electron chi connectivity index (χ1n) is 11.0. The molecule has 0 aliphatic rings. The SMILES string of the molecule is CCOc1ccc(-n2c(SCc3csc(Cc4ccccc4)n3)nnc2-c2ccncc2)cc1. The summed E-state index contributed by atoms with van der Waals surface area (Å²) in [5.41, 5.74) is 4.26. The third-order valence-corrected chi connectivity index (χ3v) is 6.98. The first-order valence-corrected chi connectivity index (χ1v) is 12.9. The van der Waals surface area contributed by atoms with Gasteiger partial charge >= 0.3 is 0 Å². The van der Waals surface area contributed by atoms with Gasteiger partial charge in [-0.15, -0.1) is 21.5 Å². The van der Waals surface area contributed by atoms with Crippen LogP contribution in [0.15, 0.2) is 89.7 Å². The second-order valence-corrected chi connectivity index (χ2v) is 9.37. The molecule has 0 radical (unpaired) electrons. The van der Waals surface area contributed by atoms with Crippen molar-refractivity contribution < 1.29 is 4.74 Å². The molecule has 0 amide bonds. The summed E-state index contributed by atoms with van der Waals surface area (Å²) in [6, 6.07) is 22.3. The Morgan fingerprint density at radius 2 is 1.74 bits per heavy atom. The van der Waals surface area contributed by atoms with Gasteiger partial charge in [0.25, 0.3) is 0 Å². The number of pyridine rings is 1. The maximum absolute atomic E-state index is 5.61. The lowest BCUT2D eigenvalue weighted by Gasteiger charge is -2.11. The first kappa shape index (κ1) is 22.3. The van der Waals surface area contributed by atoms with Crippen LogP contribution >= 0.6 is 23.1 Å². The van der Waals surface area contributed by atoms with Crippen LogP contribution in [0.3, 0.4) is 0 Å². The summed E-state index contributed by atoms with van der Waals surface area (Å²) >= 11 is 3.33. The van der Waals surface area contributed by atoms with Crippen molar-refractivity contribution in [2.75, 3.05) is 6.61 Å². The highest BCUT2D eigenvalue weighted by atomic mass is 32.2. The molecule has 0 unspecified atom stereocenters. The molecule has 34 heavy (non-hydrogen) atoms. The van der Waals surface area contributed by atoms with Gasteiger partial charge in [-0.2, -0.15) is 0 Å². The standard InChI is InChI=1S/C26H23N5OS2/c1-2-32-23-10-8-22(9-11-23)31-25(20-12-14-27-15-13-20)29-30-26(31)34-18-21-17-33-24(28-21)16-19-6-4-3-5-7-19/h3-15,17H,2,16,18H2,1H3. The maximum atomic E-state index is 5.61. The lowest BCUT2D eigenvalue weighted by atomic mass is 10.2. The van der Waals surface area contributed by atoms with Crippen molar-refractivity contribution in [1.82, 2.24) is 24.7 Å². The molecule has 0 N–H and O–H groups in total. The predicted molar refractivity (Wildman–Crippen MR) is 137 cm³/mol. The summed E-state index contributed by atoms with van der Waals surface area (Å²) in [7, 11) is 0. The molecule has 0 aliphatic carbocycles. The molecule has 3 aromatic heterocycles. The van der Waals surface area contributed by atoms with E-state index in [4.69, 9.17) is 9.72 Å². The Bertz CT molecular complexity index is 1330. The van der Waals surface area contributed by atoms with Gasteiger partial charge in [-0.25, -0.2) is 4.98 Å². The van der Waals surface area contributed by atoms with Gasteiger partial charge in [-0.3, -0.25) is 9.55 Å². The Kier molecular flexibility index (Phi) is 6.97. The van der Waals surface area contributed by atoms with Crippen molar-refractivity contribution in [2.24, 2.45) is 0 Å². The van der Waals surface area contributed by atoms with Gasteiger partial charge in [-0.05, 0) is 48.9 Å². The average molecular weight is 486 g/mol. The van der Waals surface area contributed by atoms with E-state index in [1.165, 1.54) is 5.56 Å². The number of ether oxygens (including phenoxy) is 1. The molecule has 0 saturated carbocycles. The largest absolute Gasteiger partial charge is 0.494 e. The summed E-state index contributed by atoms with van der Waals surface area (Å²) in [4.78, 5) is 8.97. The zero-order valence-corrected chi connectivity index (χ0v) is 20.3. The first-order chi connectivity index (χ1) is 16.8. The number of aromatic nitrogens is 5. The molecule has 5 rings (SSSR count). The number of thioether (sulfide) groups is 1. The van der Waals surface area contributed by atoms with Crippen molar-refractivity contribution >= 4 is 23.1 Å². The Labute approximate surface area is 206 Å². The lowest BCUT2D eigenvalue weighted by Crippen LogP contribution is -2.00. The Hall–Kier alpha value is -3.49. The molecular formula is C26H23N5OS2. The number of benzene rings is 2. The highest BCUT2D eigenvalue weighted by Crippen LogP contribution is 2.30. The van der Waals surface area contributed by atoms with Crippen LogP contribution in [0.5, 0.6) is 5.75 Å². The Morgan fingerprint density at radius 1 is 0.941 bits per heavy atom. The van der Waals surface area contributed by atoms with Crippen LogP contribution < -0.4 is 4.74 Å². The molecule has 0 atom stereocenters. The topological polar surface area (TPSA) is 65.7 Å². The molecule has 0 bridgehead atoms. The summed E-state index contributed by atoms with van der Waals surface area (Å²) < 4.78 is 7.69. The van der Waals surface area contributed by atoms with E-state index >= 15 is 0 Å². The fraction of sp³-hybridized carbons (Fsp3) is 0.154. The second kappa shape index (κ2) is 10.6. The molecule has 2 aromatic carbocycles. The molecule has 0 fully saturated rings. The van der Waals surface area contributed by atoms with Crippen molar-refractivity contribution in [3.05, 3.63) is 101 Å². The van der Waals surface area contributed by atoms with Gasteiger partial charge in [0, 0.05) is 41.2 Å². The minimum Gasteiger partial charge on any atom is -0.494 e. The van der Waals surface area contributed by atoms with E-state index in [-0.39, 0.29) is 0 Å². The zero-order chi connectivity index (χ0) is 23.2. The third-order valence-electron chi connectivity index (χ3n) is 5.12. The smallest absolute Gasteiger partial charge is 0.196 e. The van der Waals surface area contributed by atoms with E-state index in [9.17, 15) is 0 Å². The van der Waals surface area contributed by atoms with E-state index in [2.05, 4.69) is 49.4 Å². The molecule has 0 saturated heterocycles. The van der Waals surface area contributed by atoms with Crippen LogP contribution in [0.1, 0.15) is 23.2 Å². The van der Waals surface area contributed by atoms with Crippen LogP contribution in [0, 0.1) is 0 Å². The molecule has 0 aliphatic heterocycles. The van der Waals surface area contributed by atoms with Gasteiger partial charge in [0.05, 0.1) is 17.3 Å². The molecule has 8 heteroatoms. The highest BCUT2D eigenvalue weighted by Gasteiger charge is 2.17. The minimum absolute atomic E-state index is 0.634. The Morgan fingerprint density at radius 3 is 2.50 bits per heavy atom. The molecule has 5 aromatic rings. The van der Waals surface area contributed by atoms with E-state index in [1.54, 1.807) is 35.5 Å². The minimum atomic E-state index is 0.634. The molecule has 170 valence electrons. The third kappa shape index (κ3) is 5.18. The number of nitrogens with zero attached hydrogens (tertiary/aromatic N) is 5. The van der Waals surface area contributed by atoms with Crippen molar-refractivity contribution in [3.8, 4) is 22.8 Å². The molecule has 6 nitrogen and oxygen atoms in total. The maximum Gasteiger partial charge on any atom is 0.196 e. The normalized spacial score (nSPS) is 11.0. The van der Waals surface area contributed by atoms with Crippen molar-refractivity contribution in [1.29, 1.82) is 0 Å². The number of thiazole rings is 1. The number of hydrogen-bond acceptors (Lipinski definition) is 7. The summed E-state index contributed by atoms with van der Waals surface area (Å²) in [5.74, 6) is 2.33. The predicted octanol–water partition coefficient (Wildman–Crippen LogP) is 6.07. The number of hydrogen-bond donors (Lipinski definition) is 0. The summed E-state index contributed by atoms with van der Waals surface area (Å²) in [6.07, 6.45) is 4.39. The Balaban J connectivity index is 1.39. The van der Waals surface area contributed by atoms with Crippen LogP contribution in [-0.2, 0) is 12.2 Å². The fourth-order valence-electron chi connectivity index (χ4n) is 3.55. The second-order valence-electron chi connectivity index (χ2n) is 7.49. The number of rotatable bonds is 9. The van der Waals surface area contributed by atoms with E-state index in [0.29, 0.717) is 6.61 Å². The van der Waals surface area contributed by atoms with Crippen molar-refractivity contribution in [2.45, 2.75) is 24.3 Å². The van der Waals surface area contributed by atoms with Gasteiger partial charge in [-0.1, -0.05) is 42.1 Å². The van der Waals surface area contributed by atoms with E-state index < -0.39 is 0 Å². The van der Waals surface area contributed by atoms with E-state index in [0.717, 1.165) is 50.9 Å². The quantitative estimate of drug-likeness (QED) is 0.236. The van der Waals surface area contributed by atoms with E-state index in [1.807, 2.05) is 49.4 Å². The monoisotopic (exact) mass is 485 g/mol. The summed E-state index contributed by atoms with van der Waals surface area (Å²) in [5, 5.41) is 13.1. The average Bonchev–Trinajstić information content (AvgIpc) is 3.51. The fourth-order valence-corrected chi connectivity index (χ4v) is 5.33. The van der Waals surface area contributed by atoms with Crippen LogP contribution in [-0.4, -0.2) is 31.3 Å². The lowest BCUT2D eigenvalue weighted by molar-refractivity contribution is 0.340. The van der Waals surface area contributed by atoms with Crippen LogP contribution in [0.25, 0.3) is 17.1 Å². The van der Waals surface area contributed by atoms with Crippen LogP contribution in [0.2, 0.25) is 0 Å². The molecular weight excluding hydrogens is 462 g/mol. The van der Waals surface area contributed by atoms with Gasteiger partial charge in [0.1, 0.15) is 5.75 Å². The van der Waals surface area contributed by atoms with Gasteiger partial charge in [0.2, 0.25) is 0 Å². The molecule has 3 heterocycles. The zero-order valence-electron chi connectivity index (χ0n) is 18.7. The van der Waals surface area contributed by atoms with Gasteiger partial charge < -0.3 is 4.74 Å². The molecule has 0 spiro atoms. The highest BCUT2D eigenvalue weighted by molar-refractivity contribution is 7.98.